The molecule has 0 aliphatic carbocycles. The van der Waals surface area contributed by atoms with Crippen molar-refractivity contribution in [3.63, 3.8) is 0 Å². The van der Waals surface area contributed by atoms with Crippen LogP contribution in [0.1, 0.15) is 33.6 Å². The summed E-state index contributed by atoms with van der Waals surface area (Å²) in [5.74, 6) is -0.845. The Morgan fingerprint density at radius 3 is 2.66 bits per heavy atom. The van der Waals surface area contributed by atoms with E-state index in [1.54, 1.807) is 30.3 Å². The van der Waals surface area contributed by atoms with E-state index in [-0.39, 0.29) is 35.7 Å². The minimum atomic E-state index is -4.32. The van der Waals surface area contributed by atoms with Crippen molar-refractivity contribution in [2.75, 3.05) is 18.4 Å². The summed E-state index contributed by atoms with van der Waals surface area (Å²) in [6, 6.07) is 13.7. The summed E-state index contributed by atoms with van der Waals surface area (Å²) < 4.78 is 52.9. The van der Waals surface area contributed by atoms with Gasteiger partial charge in [0, 0.05) is 37.1 Å². The SMILES string of the molecule is O=C(c1cc(Cc2n[nH]c(=O)c3ccccc23)ccc1F)N1CC[C@@H](Nc2cc(CC(F)(F)F)ccn2)C1. The molecule has 1 aliphatic heterocycles. The molecule has 2 N–H and O–H groups in total. The van der Waals surface area contributed by atoms with Crippen molar-refractivity contribution in [1.29, 1.82) is 0 Å². The summed E-state index contributed by atoms with van der Waals surface area (Å²) >= 11 is 0. The molecule has 1 fully saturated rings. The van der Waals surface area contributed by atoms with Gasteiger partial charge in [-0.1, -0.05) is 24.3 Å². The molecule has 196 valence electrons. The van der Waals surface area contributed by atoms with Crippen LogP contribution in [0.2, 0.25) is 0 Å². The van der Waals surface area contributed by atoms with Gasteiger partial charge >= 0.3 is 6.18 Å². The minimum absolute atomic E-state index is 0.0813. The molecule has 7 nitrogen and oxygen atoms in total. The number of amides is 1. The molecule has 5 rings (SSSR count). The Hall–Kier alpha value is -4.28. The monoisotopic (exact) mass is 525 g/mol. The maximum atomic E-state index is 14.7. The Kier molecular flexibility index (Phi) is 6.83. The topological polar surface area (TPSA) is 91.0 Å². The average molecular weight is 526 g/mol. The number of carbonyl (C=O) groups is 1. The number of nitrogens with zero attached hydrogens (tertiary/aromatic N) is 3. The maximum Gasteiger partial charge on any atom is 0.393 e. The fraction of sp³-hybridized carbons (Fsp3) is 0.259. The fourth-order valence-corrected chi connectivity index (χ4v) is 4.68. The molecule has 0 spiro atoms. The zero-order valence-electron chi connectivity index (χ0n) is 20.1. The summed E-state index contributed by atoms with van der Waals surface area (Å²) in [4.78, 5) is 30.8. The first-order valence-electron chi connectivity index (χ1n) is 12.0. The number of anilines is 1. The largest absolute Gasteiger partial charge is 0.393 e. The molecule has 4 aromatic rings. The number of aromatic amines is 1. The Bertz CT molecular complexity index is 1550. The molecule has 38 heavy (non-hydrogen) atoms. The van der Waals surface area contributed by atoms with E-state index >= 15 is 0 Å². The third-order valence-corrected chi connectivity index (χ3v) is 6.46. The van der Waals surface area contributed by atoms with Crippen LogP contribution in [-0.2, 0) is 12.8 Å². The van der Waals surface area contributed by atoms with Gasteiger partial charge in [-0.05, 0) is 47.9 Å². The van der Waals surface area contributed by atoms with Gasteiger partial charge in [0.15, 0.2) is 0 Å². The Morgan fingerprint density at radius 2 is 1.87 bits per heavy atom. The fourth-order valence-electron chi connectivity index (χ4n) is 4.68. The highest BCUT2D eigenvalue weighted by Gasteiger charge is 2.30. The van der Waals surface area contributed by atoms with Gasteiger partial charge in [0.2, 0.25) is 0 Å². The molecule has 11 heteroatoms. The summed E-state index contributed by atoms with van der Waals surface area (Å²) in [5, 5.41) is 10.9. The second kappa shape index (κ2) is 10.2. The van der Waals surface area contributed by atoms with Gasteiger partial charge in [0.05, 0.1) is 23.1 Å². The number of hydrogen-bond acceptors (Lipinski definition) is 5. The van der Waals surface area contributed by atoms with Crippen LogP contribution >= 0.6 is 0 Å². The van der Waals surface area contributed by atoms with E-state index in [4.69, 9.17) is 0 Å². The molecule has 2 aromatic heterocycles. The first kappa shape index (κ1) is 25.4. The van der Waals surface area contributed by atoms with Crippen LogP contribution in [0, 0.1) is 5.82 Å². The standard InChI is InChI=1S/C27H23F4N5O2/c28-22-6-5-16(12-23-19-3-1-2-4-20(19)25(37)35-34-23)11-21(22)26(38)36-10-8-18(15-36)33-24-13-17(7-9-32-24)14-27(29,30)31/h1-7,9,11,13,18H,8,10,12,14-15H2,(H,32,33)(H,35,37)/t18-/m1/s1. The molecule has 1 saturated heterocycles. The van der Waals surface area contributed by atoms with Gasteiger partial charge in [-0.25, -0.2) is 14.5 Å². The summed E-state index contributed by atoms with van der Waals surface area (Å²) in [6.45, 7) is 0.605. The van der Waals surface area contributed by atoms with Gasteiger partial charge in [-0.3, -0.25) is 9.59 Å². The van der Waals surface area contributed by atoms with Crippen LogP contribution < -0.4 is 10.9 Å². The van der Waals surface area contributed by atoms with E-state index in [0.29, 0.717) is 40.8 Å². The Balaban J connectivity index is 1.29. The Labute approximate surface area is 214 Å². The molecule has 2 aromatic carbocycles. The van der Waals surface area contributed by atoms with Crippen LogP contribution in [0.3, 0.4) is 0 Å². The number of fused-ring (bicyclic) bond motifs is 1. The predicted molar refractivity (Wildman–Crippen MR) is 133 cm³/mol. The third kappa shape index (κ3) is 5.66. The molecule has 1 atom stereocenters. The lowest BCUT2D eigenvalue weighted by molar-refractivity contribution is -0.127. The van der Waals surface area contributed by atoms with Crippen molar-refractivity contribution in [2.24, 2.45) is 0 Å². The number of carbonyl (C=O) groups excluding carboxylic acids is 1. The summed E-state index contributed by atoms with van der Waals surface area (Å²) in [5.41, 5.74) is 0.945. The van der Waals surface area contributed by atoms with E-state index < -0.39 is 24.3 Å². The van der Waals surface area contributed by atoms with Crippen molar-refractivity contribution >= 4 is 22.5 Å². The Morgan fingerprint density at radius 1 is 1.08 bits per heavy atom. The second-order valence-corrected chi connectivity index (χ2v) is 9.26. The smallest absolute Gasteiger partial charge is 0.365 e. The number of H-pyrrole nitrogens is 1. The first-order valence-corrected chi connectivity index (χ1v) is 12.0. The van der Waals surface area contributed by atoms with E-state index in [1.807, 2.05) is 0 Å². The average Bonchev–Trinajstić information content (AvgIpc) is 3.34. The number of aromatic nitrogens is 3. The van der Waals surface area contributed by atoms with Crippen LogP contribution in [0.25, 0.3) is 10.8 Å². The summed E-state index contributed by atoms with van der Waals surface area (Å²) in [6.07, 6.45) is -3.26. The van der Waals surface area contributed by atoms with E-state index in [1.165, 1.54) is 35.4 Å². The van der Waals surface area contributed by atoms with Gasteiger partial charge in [0.1, 0.15) is 11.6 Å². The normalized spacial score (nSPS) is 15.7. The van der Waals surface area contributed by atoms with Crippen molar-refractivity contribution < 1.29 is 22.4 Å². The van der Waals surface area contributed by atoms with E-state index in [9.17, 15) is 27.2 Å². The molecular formula is C27H23F4N5O2. The maximum absolute atomic E-state index is 14.7. The number of rotatable bonds is 6. The number of likely N-dealkylation sites (tertiary alicyclic amines) is 1. The third-order valence-electron chi connectivity index (χ3n) is 6.46. The number of halogens is 4. The molecule has 0 bridgehead atoms. The number of benzene rings is 2. The molecule has 0 unspecified atom stereocenters. The molecule has 0 saturated carbocycles. The second-order valence-electron chi connectivity index (χ2n) is 9.26. The van der Waals surface area contributed by atoms with Crippen molar-refractivity contribution in [3.05, 3.63) is 99.3 Å². The number of alkyl halides is 3. The first-order chi connectivity index (χ1) is 18.2. The molecule has 1 aliphatic rings. The van der Waals surface area contributed by atoms with E-state index in [0.717, 1.165) is 0 Å². The molecule has 3 heterocycles. The van der Waals surface area contributed by atoms with Crippen LogP contribution in [0.4, 0.5) is 23.4 Å². The minimum Gasteiger partial charge on any atom is -0.365 e. The zero-order chi connectivity index (χ0) is 26.9. The predicted octanol–water partition coefficient (Wildman–Crippen LogP) is 4.48. The van der Waals surface area contributed by atoms with Crippen molar-refractivity contribution in [3.8, 4) is 0 Å². The van der Waals surface area contributed by atoms with E-state index in [2.05, 4.69) is 20.5 Å². The highest BCUT2D eigenvalue weighted by molar-refractivity contribution is 5.95. The quantitative estimate of drug-likeness (QED) is 0.363. The molecule has 1 amide bonds. The van der Waals surface area contributed by atoms with Gasteiger partial charge in [-0.15, -0.1) is 0 Å². The highest BCUT2D eigenvalue weighted by Crippen LogP contribution is 2.24. The molecular weight excluding hydrogens is 502 g/mol. The van der Waals surface area contributed by atoms with Gasteiger partial charge < -0.3 is 10.2 Å². The van der Waals surface area contributed by atoms with Gasteiger partial charge in [-0.2, -0.15) is 18.3 Å². The lowest BCUT2D eigenvalue weighted by Crippen LogP contribution is -2.32. The lowest BCUT2D eigenvalue weighted by atomic mass is 10.0. The highest BCUT2D eigenvalue weighted by atomic mass is 19.4. The molecule has 0 radical (unpaired) electrons. The van der Waals surface area contributed by atoms with Gasteiger partial charge in [0.25, 0.3) is 11.5 Å². The number of pyridine rings is 1. The van der Waals surface area contributed by atoms with Crippen molar-refractivity contribution in [2.45, 2.75) is 31.5 Å². The summed E-state index contributed by atoms with van der Waals surface area (Å²) in [7, 11) is 0. The lowest BCUT2D eigenvalue weighted by Gasteiger charge is -2.18. The van der Waals surface area contributed by atoms with Crippen LogP contribution in [0.5, 0.6) is 0 Å². The zero-order valence-corrected chi connectivity index (χ0v) is 20.1. The number of nitrogens with one attached hydrogen (secondary N) is 2. The van der Waals surface area contributed by atoms with Crippen LogP contribution in [-0.4, -0.2) is 51.3 Å². The van der Waals surface area contributed by atoms with Crippen molar-refractivity contribution in [1.82, 2.24) is 20.1 Å². The number of hydrogen-bond donors (Lipinski definition) is 2. The van der Waals surface area contributed by atoms with Crippen LogP contribution in [0.15, 0.2) is 65.6 Å².